The number of piperidine rings is 1. The minimum atomic E-state index is -0.512. The highest BCUT2D eigenvalue weighted by molar-refractivity contribution is 6.00. The molecule has 1 atom stereocenters. The zero-order chi connectivity index (χ0) is 19.7. The number of benzene rings is 1. The molecule has 1 saturated heterocycles. The molecule has 1 aromatic heterocycles. The van der Waals surface area contributed by atoms with Gasteiger partial charge < -0.3 is 10.6 Å². The van der Waals surface area contributed by atoms with Gasteiger partial charge in [-0.3, -0.25) is 14.6 Å². The second kappa shape index (κ2) is 7.43. The molecule has 1 aliphatic carbocycles. The molecule has 1 aliphatic heterocycles. The number of aromatic nitrogens is 1. The maximum absolute atomic E-state index is 13.0. The van der Waals surface area contributed by atoms with E-state index < -0.39 is 5.91 Å². The third-order valence-corrected chi connectivity index (χ3v) is 5.59. The second-order valence-corrected chi connectivity index (χ2v) is 7.51. The van der Waals surface area contributed by atoms with Gasteiger partial charge in [-0.15, -0.1) is 0 Å². The van der Waals surface area contributed by atoms with Gasteiger partial charge in [0, 0.05) is 29.9 Å². The Morgan fingerprint density at radius 1 is 1.21 bits per heavy atom. The Kier molecular flexibility index (Phi) is 4.82. The molecule has 142 valence electrons. The van der Waals surface area contributed by atoms with Crippen molar-refractivity contribution in [2.75, 3.05) is 13.1 Å². The van der Waals surface area contributed by atoms with E-state index in [1.54, 1.807) is 23.1 Å². The van der Waals surface area contributed by atoms with E-state index in [0.717, 1.165) is 43.4 Å². The van der Waals surface area contributed by atoms with Crippen molar-refractivity contribution in [3.8, 4) is 17.3 Å². The van der Waals surface area contributed by atoms with E-state index in [4.69, 9.17) is 10.7 Å². The molecule has 0 bridgehead atoms. The van der Waals surface area contributed by atoms with Crippen molar-refractivity contribution >= 4 is 11.8 Å². The van der Waals surface area contributed by atoms with Crippen LogP contribution in [0.2, 0.25) is 0 Å². The van der Waals surface area contributed by atoms with Crippen LogP contribution in [-0.4, -0.2) is 34.8 Å². The molecule has 0 saturated carbocycles. The summed E-state index contributed by atoms with van der Waals surface area (Å²) in [6.07, 6.45) is 4.50. The molecule has 1 fully saturated rings. The standard InChI is InChI=1S/C22H22N4O2/c23-12-14-4-3-9-26(13-14)22(28)17-7-1-6-16(10-17)20-18(21(24)27)11-15-5-2-8-19(15)25-20/h1,6-7,10-11,14H,2-5,8-9,13H2,(H2,24,27)/t14-/m0/s1. The fourth-order valence-corrected chi connectivity index (χ4v) is 4.13. The summed E-state index contributed by atoms with van der Waals surface area (Å²) in [6, 6.07) is 11.3. The molecular formula is C22H22N4O2. The van der Waals surface area contributed by atoms with Gasteiger partial charge >= 0.3 is 0 Å². The monoisotopic (exact) mass is 374 g/mol. The lowest BCUT2D eigenvalue weighted by Gasteiger charge is -2.29. The SMILES string of the molecule is N#C[C@@H]1CCCN(C(=O)c2cccc(-c3nc4c(cc3C(N)=O)CCC4)c2)C1. The van der Waals surface area contributed by atoms with E-state index in [-0.39, 0.29) is 11.8 Å². The van der Waals surface area contributed by atoms with Crippen LogP contribution in [0, 0.1) is 17.2 Å². The number of pyridine rings is 1. The summed E-state index contributed by atoms with van der Waals surface area (Å²) in [5, 5.41) is 9.17. The van der Waals surface area contributed by atoms with Crippen LogP contribution in [0.1, 0.15) is 51.2 Å². The summed E-state index contributed by atoms with van der Waals surface area (Å²) < 4.78 is 0. The number of rotatable bonds is 3. The van der Waals surface area contributed by atoms with Gasteiger partial charge in [-0.2, -0.15) is 5.26 Å². The summed E-state index contributed by atoms with van der Waals surface area (Å²) in [5.41, 5.74) is 9.88. The van der Waals surface area contributed by atoms with Crippen molar-refractivity contribution in [3.63, 3.8) is 0 Å². The van der Waals surface area contributed by atoms with Crippen molar-refractivity contribution in [2.45, 2.75) is 32.1 Å². The van der Waals surface area contributed by atoms with E-state index in [1.807, 2.05) is 12.1 Å². The number of amides is 2. The van der Waals surface area contributed by atoms with Crippen LogP contribution in [0.3, 0.4) is 0 Å². The lowest BCUT2D eigenvalue weighted by atomic mass is 9.97. The Hall–Kier alpha value is -3.20. The Labute approximate surface area is 164 Å². The summed E-state index contributed by atoms with van der Waals surface area (Å²) in [5.74, 6) is -0.717. The van der Waals surface area contributed by atoms with Crippen LogP contribution in [0.15, 0.2) is 30.3 Å². The first-order valence-electron chi connectivity index (χ1n) is 9.68. The highest BCUT2D eigenvalue weighted by atomic mass is 16.2. The van der Waals surface area contributed by atoms with Gasteiger partial charge in [0.1, 0.15) is 0 Å². The van der Waals surface area contributed by atoms with Crippen LogP contribution >= 0.6 is 0 Å². The van der Waals surface area contributed by atoms with E-state index in [2.05, 4.69) is 6.07 Å². The molecule has 6 nitrogen and oxygen atoms in total. The van der Waals surface area contributed by atoms with Crippen LogP contribution in [-0.2, 0) is 12.8 Å². The first kappa shape index (κ1) is 18.2. The van der Waals surface area contributed by atoms with Crippen LogP contribution in [0.25, 0.3) is 11.3 Å². The predicted octanol–water partition coefficient (Wildman–Crippen LogP) is 2.71. The fraction of sp³-hybridized carbons (Fsp3) is 0.364. The molecule has 2 amide bonds. The normalized spacial score (nSPS) is 18.4. The quantitative estimate of drug-likeness (QED) is 0.892. The smallest absolute Gasteiger partial charge is 0.253 e. The number of carbonyl (C=O) groups is 2. The third kappa shape index (κ3) is 3.36. The molecule has 2 aliphatic rings. The van der Waals surface area contributed by atoms with Gasteiger partial charge in [0.15, 0.2) is 0 Å². The molecule has 0 spiro atoms. The van der Waals surface area contributed by atoms with E-state index >= 15 is 0 Å². The van der Waals surface area contributed by atoms with Gasteiger partial charge in [0.05, 0.1) is 23.2 Å². The summed E-state index contributed by atoms with van der Waals surface area (Å²) >= 11 is 0. The predicted molar refractivity (Wildman–Crippen MR) is 104 cm³/mol. The Balaban J connectivity index is 1.69. The highest BCUT2D eigenvalue weighted by Gasteiger charge is 2.25. The molecule has 4 rings (SSSR count). The number of nitrogens with two attached hydrogens (primary N) is 1. The lowest BCUT2D eigenvalue weighted by molar-refractivity contribution is 0.0698. The number of carbonyl (C=O) groups excluding carboxylic acids is 2. The Morgan fingerprint density at radius 3 is 2.86 bits per heavy atom. The zero-order valence-electron chi connectivity index (χ0n) is 15.6. The van der Waals surface area contributed by atoms with Crippen molar-refractivity contribution in [1.82, 2.24) is 9.88 Å². The number of fused-ring (bicyclic) bond motifs is 1. The highest BCUT2D eigenvalue weighted by Crippen LogP contribution is 2.29. The average molecular weight is 374 g/mol. The van der Waals surface area contributed by atoms with Gasteiger partial charge in [0.2, 0.25) is 0 Å². The molecule has 0 unspecified atom stereocenters. The number of nitrogens with zero attached hydrogens (tertiary/aromatic N) is 3. The first-order valence-corrected chi connectivity index (χ1v) is 9.68. The number of nitriles is 1. The molecule has 2 N–H and O–H groups in total. The maximum Gasteiger partial charge on any atom is 0.253 e. The summed E-state index contributed by atoms with van der Waals surface area (Å²) in [4.78, 5) is 31.4. The largest absolute Gasteiger partial charge is 0.366 e. The zero-order valence-corrected chi connectivity index (χ0v) is 15.6. The van der Waals surface area contributed by atoms with Crippen molar-refractivity contribution in [3.05, 3.63) is 52.7 Å². The van der Waals surface area contributed by atoms with Crippen LogP contribution in [0.5, 0.6) is 0 Å². The number of primary amides is 1. The molecule has 0 radical (unpaired) electrons. The lowest BCUT2D eigenvalue weighted by Crippen LogP contribution is -2.39. The van der Waals surface area contributed by atoms with Gasteiger partial charge in [0.25, 0.3) is 11.8 Å². The fourth-order valence-electron chi connectivity index (χ4n) is 4.13. The first-order chi connectivity index (χ1) is 13.6. The van der Waals surface area contributed by atoms with E-state index in [9.17, 15) is 14.9 Å². The third-order valence-electron chi connectivity index (χ3n) is 5.59. The molecule has 6 heteroatoms. The number of likely N-dealkylation sites (tertiary alicyclic amines) is 1. The molecule has 1 aromatic carbocycles. The van der Waals surface area contributed by atoms with E-state index in [0.29, 0.717) is 35.5 Å². The van der Waals surface area contributed by atoms with Gasteiger partial charge in [-0.25, -0.2) is 0 Å². The van der Waals surface area contributed by atoms with Crippen molar-refractivity contribution < 1.29 is 9.59 Å². The minimum absolute atomic E-state index is 0.0939. The topological polar surface area (TPSA) is 100 Å². The Morgan fingerprint density at radius 2 is 2.07 bits per heavy atom. The summed E-state index contributed by atoms with van der Waals surface area (Å²) in [7, 11) is 0. The molecule has 28 heavy (non-hydrogen) atoms. The van der Waals surface area contributed by atoms with E-state index in [1.165, 1.54) is 0 Å². The van der Waals surface area contributed by atoms with Crippen molar-refractivity contribution in [1.29, 1.82) is 5.26 Å². The van der Waals surface area contributed by atoms with Gasteiger partial charge in [-0.1, -0.05) is 12.1 Å². The summed E-state index contributed by atoms with van der Waals surface area (Å²) in [6.45, 7) is 1.12. The number of aryl methyl sites for hydroxylation is 2. The second-order valence-electron chi connectivity index (χ2n) is 7.51. The van der Waals surface area contributed by atoms with Crippen molar-refractivity contribution in [2.24, 2.45) is 11.7 Å². The molecule has 2 heterocycles. The molecular weight excluding hydrogens is 352 g/mol. The Bertz CT molecular complexity index is 993. The van der Waals surface area contributed by atoms with Crippen LogP contribution < -0.4 is 5.73 Å². The molecule has 2 aromatic rings. The van der Waals surface area contributed by atoms with Gasteiger partial charge in [-0.05, 0) is 55.9 Å². The maximum atomic E-state index is 13.0. The average Bonchev–Trinajstić information content (AvgIpc) is 3.20. The number of hydrogen-bond donors (Lipinski definition) is 1. The van der Waals surface area contributed by atoms with Crippen LogP contribution in [0.4, 0.5) is 0 Å². The number of hydrogen-bond acceptors (Lipinski definition) is 4. The minimum Gasteiger partial charge on any atom is -0.366 e.